The molecule has 1 aliphatic rings. The van der Waals surface area contributed by atoms with Gasteiger partial charge in [-0.2, -0.15) is 0 Å². The summed E-state index contributed by atoms with van der Waals surface area (Å²) < 4.78 is 5.77. The van der Waals surface area contributed by atoms with Crippen LogP contribution in [0.5, 0.6) is 0 Å². The van der Waals surface area contributed by atoms with Gasteiger partial charge in [-0.25, -0.2) is 0 Å². The van der Waals surface area contributed by atoms with Crippen molar-refractivity contribution in [2.45, 2.75) is 186 Å². The Morgan fingerprint density at radius 2 is 1.18 bits per heavy atom. The summed E-state index contributed by atoms with van der Waals surface area (Å²) in [6.07, 6.45) is 23.5. The van der Waals surface area contributed by atoms with Gasteiger partial charge in [0.1, 0.15) is 5.72 Å². The fourth-order valence-corrected chi connectivity index (χ4v) is 5.18. The zero-order valence-electron chi connectivity index (χ0n) is 26.1. The van der Waals surface area contributed by atoms with Gasteiger partial charge in [0, 0.05) is 12.1 Å². The van der Waals surface area contributed by atoms with Gasteiger partial charge in [-0.3, -0.25) is 4.90 Å². The summed E-state index contributed by atoms with van der Waals surface area (Å²) in [6, 6.07) is 0.100. The number of hydrogen-bond donors (Lipinski definition) is 4. The van der Waals surface area contributed by atoms with Gasteiger partial charge < -0.3 is 25.8 Å². The number of likely N-dealkylation sites (N-methyl/N-ethyl adjacent to an activating group) is 1. The third kappa shape index (κ3) is 20.6. The van der Waals surface area contributed by atoms with E-state index < -0.39 is 0 Å². The van der Waals surface area contributed by atoms with E-state index in [2.05, 4.69) is 39.6 Å². The molecule has 0 aliphatic carbocycles. The van der Waals surface area contributed by atoms with Crippen LogP contribution in [0.3, 0.4) is 0 Å². The van der Waals surface area contributed by atoms with Gasteiger partial charge in [0.05, 0.1) is 25.4 Å². The highest BCUT2D eigenvalue weighted by Crippen LogP contribution is 2.28. The van der Waals surface area contributed by atoms with Gasteiger partial charge in [-0.1, -0.05) is 117 Å². The van der Waals surface area contributed by atoms with Crippen molar-refractivity contribution in [3.05, 3.63) is 0 Å². The van der Waals surface area contributed by atoms with Crippen molar-refractivity contribution >= 4 is 0 Å². The summed E-state index contributed by atoms with van der Waals surface area (Å²) in [5.74, 6) is 0. The summed E-state index contributed by atoms with van der Waals surface area (Å²) in [7, 11) is 2.10. The molecule has 0 bridgehead atoms. The molecule has 4 atom stereocenters. The lowest BCUT2D eigenvalue weighted by molar-refractivity contribution is -0.0425. The highest BCUT2D eigenvalue weighted by Gasteiger charge is 2.38. The number of unbranched alkanes of at least 4 members (excludes halogenated alkanes) is 14. The first kappa shape index (κ1) is 37.8. The Morgan fingerprint density at radius 1 is 0.763 bits per heavy atom. The zero-order chi connectivity index (χ0) is 28.7. The first-order valence-corrected chi connectivity index (χ1v) is 16.3. The standard InChI is InChI=1S/C18H37NO2.C14H31NO2/c1-5-6-7-8-9-10-11-12-13-17(20)14-16-15-21-18(2,3)19(16)4;1-2-3-4-5-6-7-8-9-10-14(17)11-13(15)12-16/h16-17,20H,5-15H2,1-4H3;13-14,16-17H,2-12,15H2,1H3. The molecule has 6 heteroatoms. The molecule has 0 radical (unpaired) electrons. The second-order valence-corrected chi connectivity index (χ2v) is 12.3. The van der Waals surface area contributed by atoms with Crippen molar-refractivity contribution in [2.24, 2.45) is 5.73 Å². The van der Waals surface area contributed by atoms with Crippen LogP contribution in [0.2, 0.25) is 0 Å². The Kier molecular flexibility index (Phi) is 24.4. The molecule has 0 aromatic rings. The van der Waals surface area contributed by atoms with E-state index in [1.54, 1.807) is 0 Å². The smallest absolute Gasteiger partial charge is 0.116 e. The first-order valence-electron chi connectivity index (χ1n) is 16.3. The molecule has 6 nitrogen and oxygen atoms in total. The predicted molar refractivity (Wildman–Crippen MR) is 162 cm³/mol. The van der Waals surface area contributed by atoms with Gasteiger partial charge in [-0.15, -0.1) is 0 Å². The Hall–Kier alpha value is -0.240. The monoisotopic (exact) mass is 545 g/mol. The highest BCUT2D eigenvalue weighted by atomic mass is 16.5. The van der Waals surface area contributed by atoms with Crippen LogP contribution in [0.1, 0.15) is 156 Å². The van der Waals surface area contributed by atoms with E-state index in [4.69, 9.17) is 15.6 Å². The van der Waals surface area contributed by atoms with Crippen molar-refractivity contribution < 1.29 is 20.1 Å². The third-order valence-corrected chi connectivity index (χ3v) is 8.16. The normalized spacial score (nSPS) is 19.7. The first-order chi connectivity index (χ1) is 18.2. The third-order valence-electron chi connectivity index (χ3n) is 8.16. The molecule has 4 unspecified atom stereocenters. The van der Waals surface area contributed by atoms with Crippen LogP contribution in [0.4, 0.5) is 0 Å². The van der Waals surface area contributed by atoms with E-state index in [1.807, 2.05) is 0 Å². The lowest BCUT2D eigenvalue weighted by atomic mass is 10.0. The topological polar surface area (TPSA) is 99.2 Å². The number of nitrogens with zero attached hydrogens (tertiary/aromatic N) is 1. The van der Waals surface area contributed by atoms with E-state index >= 15 is 0 Å². The maximum Gasteiger partial charge on any atom is 0.116 e. The Balaban J connectivity index is 0.000000739. The second kappa shape index (κ2) is 24.5. The van der Waals surface area contributed by atoms with E-state index in [0.717, 1.165) is 38.7 Å². The van der Waals surface area contributed by atoms with Crippen LogP contribution in [-0.2, 0) is 4.74 Å². The molecule has 0 amide bonds. The van der Waals surface area contributed by atoms with Gasteiger partial charge >= 0.3 is 0 Å². The van der Waals surface area contributed by atoms with Crippen LogP contribution in [0, 0.1) is 0 Å². The number of nitrogens with two attached hydrogens (primary N) is 1. The average Bonchev–Trinajstić information content (AvgIpc) is 3.14. The minimum Gasteiger partial charge on any atom is -0.395 e. The van der Waals surface area contributed by atoms with Gasteiger partial charge in [0.15, 0.2) is 0 Å². The molecule has 0 spiro atoms. The van der Waals surface area contributed by atoms with Crippen LogP contribution in [0.25, 0.3) is 0 Å². The molecule has 230 valence electrons. The summed E-state index contributed by atoms with van der Waals surface area (Å²) in [4.78, 5) is 2.25. The molecule has 0 aromatic heterocycles. The number of rotatable bonds is 23. The van der Waals surface area contributed by atoms with E-state index in [9.17, 15) is 10.2 Å². The van der Waals surface area contributed by atoms with Crippen LogP contribution >= 0.6 is 0 Å². The van der Waals surface area contributed by atoms with Gasteiger partial charge in [-0.05, 0) is 46.6 Å². The van der Waals surface area contributed by atoms with E-state index in [-0.39, 0.29) is 30.6 Å². The van der Waals surface area contributed by atoms with Crippen LogP contribution in [-0.4, -0.2) is 70.5 Å². The Labute approximate surface area is 237 Å². The molecule has 38 heavy (non-hydrogen) atoms. The van der Waals surface area contributed by atoms with Crippen molar-refractivity contribution in [1.82, 2.24) is 4.90 Å². The molecule has 1 saturated heterocycles. The number of ether oxygens (including phenoxy) is 1. The van der Waals surface area contributed by atoms with E-state index in [0.29, 0.717) is 12.5 Å². The summed E-state index contributed by atoms with van der Waals surface area (Å²) in [5.41, 5.74) is 5.38. The highest BCUT2D eigenvalue weighted by molar-refractivity contribution is 4.85. The van der Waals surface area contributed by atoms with Gasteiger partial charge in [0.25, 0.3) is 0 Å². The maximum atomic E-state index is 10.2. The lowest BCUT2D eigenvalue weighted by Gasteiger charge is -2.30. The van der Waals surface area contributed by atoms with E-state index in [1.165, 1.54) is 89.9 Å². The molecular formula is C32H68N2O4. The summed E-state index contributed by atoms with van der Waals surface area (Å²) >= 11 is 0. The molecule has 0 aromatic carbocycles. The van der Waals surface area contributed by atoms with Crippen molar-refractivity contribution in [2.75, 3.05) is 20.3 Å². The fraction of sp³-hybridized carbons (Fsp3) is 1.00. The van der Waals surface area contributed by atoms with Crippen LogP contribution in [0.15, 0.2) is 0 Å². The molecular weight excluding hydrogens is 476 g/mol. The van der Waals surface area contributed by atoms with Crippen molar-refractivity contribution in [3.63, 3.8) is 0 Å². The lowest BCUT2D eigenvalue weighted by Crippen LogP contribution is -2.41. The Morgan fingerprint density at radius 3 is 1.58 bits per heavy atom. The molecule has 1 fully saturated rings. The van der Waals surface area contributed by atoms with Crippen molar-refractivity contribution in [1.29, 1.82) is 0 Å². The van der Waals surface area contributed by atoms with Crippen molar-refractivity contribution in [3.8, 4) is 0 Å². The Bertz CT molecular complexity index is 506. The molecule has 5 N–H and O–H groups in total. The van der Waals surface area contributed by atoms with Crippen LogP contribution < -0.4 is 5.73 Å². The number of hydrogen-bond acceptors (Lipinski definition) is 6. The zero-order valence-corrected chi connectivity index (χ0v) is 26.1. The molecule has 0 saturated carbocycles. The summed E-state index contributed by atoms with van der Waals surface area (Å²) in [5, 5.41) is 28.6. The maximum absolute atomic E-state index is 10.2. The number of aliphatic hydroxyl groups excluding tert-OH is 3. The quantitative estimate of drug-likeness (QED) is 0.104. The minimum atomic E-state index is -0.336. The number of aliphatic hydroxyl groups is 3. The average molecular weight is 545 g/mol. The largest absolute Gasteiger partial charge is 0.395 e. The SMILES string of the molecule is CCCCCCCCCCC(O)CC(N)CO.CCCCCCCCCCC(O)CC1COC(C)(C)N1C. The summed E-state index contributed by atoms with van der Waals surface area (Å²) in [6.45, 7) is 9.40. The van der Waals surface area contributed by atoms with Gasteiger partial charge in [0.2, 0.25) is 0 Å². The molecule has 1 aliphatic heterocycles. The second-order valence-electron chi connectivity index (χ2n) is 12.3. The minimum absolute atomic E-state index is 0.0332. The fourth-order valence-electron chi connectivity index (χ4n) is 5.18. The predicted octanol–water partition coefficient (Wildman–Crippen LogP) is 6.92. The molecule has 1 heterocycles. The molecule has 1 rings (SSSR count).